The minimum Gasteiger partial charge on any atom is -0.493 e. The van der Waals surface area contributed by atoms with Crippen molar-refractivity contribution in [1.82, 2.24) is 10.3 Å². The Balaban J connectivity index is 1.48. The van der Waals surface area contributed by atoms with E-state index in [0.29, 0.717) is 40.8 Å². The Morgan fingerprint density at radius 2 is 1.88 bits per heavy atom. The molecule has 2 amide bonds. The number of aryl methyl sites for hydroxylation is 1. The van der Waals surface area contributed by atoms with E-state index in [9.17, 15) is 9.59 Å². The van der Waals surface area contributed by atoms with E-state index >= 15 is 0 Å². The zero-order valence-corrected chi connectivity index (χ0v) is 18.9. The number of benzene rings is 2. The van der Waals surface area contributed by atoms with Gasteiger partial charge in [0.15, 0.2) is 11.5 Å². The van der Waals surface area contributed by atoms with Crippen molar-refractivity contribution in [3.05, 3.63) is 53.0 Å². The van der Waals surface area contributed by atoms with Crippen LogP contribution in [0.1, 0.15) is 15.4 Å². The van der Waals surface area contributed by atoms with Gasteiger partial charge in [-0.25, -0.2) is 4.98 Å². The summed E-state index contributed by atoms with van der Waals surface area (Å²) in [5.41, 5.74) is 3.14. The van der Waals surface area contributed by atoms with Crippen LogP contribution in [0.2, 0.25) is 0 Å². The Morgan fingerprint density at radius 1 is 1.12 bits per heavy atom. The van der Waals surface area contributed by atoms with E-state index < -0.39 is 0 Å². The lowest BCUT2D eigenvalue weighted by atomic mass is 10.2. The first-order valence-corrected chi connectivity index (χ1v) is 10.9. The number of carbonyl (C=O) groups excluding carboxylic acids is 2. The highest BCUT2D eigenvalue weighted by Crippen LogP contribution is 2.35. The van der Waals surface area contributed by atoms with Crippen molar-refractivity contribution >= 4 is 34.5 Å². The molecule has 0 atom stereocenters. The molecule has 2 aromatic carbocycles. The second-order valence-electron chi connectivity index (χ2n) is 7.28. The molecule has 0 spiro atoms. The fourth-order valence-corrected chi connectivity index (χ4v) is 4.46. The summed E-state index contributed by atoms with van der Waals surface area (Å²) in [5, 5.41) is 6.47. The monoisotopic (exact) mass is 452 g/mol. The van der Waals surface area contributed by atoms with E-state index in [1.807, 2.05) is 54.3 Å². The molecule has 0 bridgehead atoms. The van der Waals surface area contributed by atoms with Crippen LogP contribution in [0.4, 0.5) is 11.4 Å². The predicted molar refractivity (Wildman–Crippen MR) is 125 cm³/mol. The highest BCUT2D eigenvalue weighted by atomic mass is 32.1. The summed E-state index contributed by atoms with van der Waals surface area (Å²) in [6, 6.07) is 13.0. The normalized spacial score (nSPS) is 13.5. The Hall–Kier alpha value is -3.59. The van der Waals surface area contributed by atoms with Gasteiger partial charge in [-0.1, -0.05) is 0 Å². The first kappa shape index (κ1) is 21.6. The van der Waals surface area contributed by atoms with Crippen LogP contribution in [0.15, 0.2) is 42.5 Å². The van der Waals surface area contributed by atoms with Crippen LogP contribution in [-0.4, -0.2) is 50.7 Å². The fourth-order valence-electron chi connectivity index (χ4n) is 3.50. The molecule has 166 valence electrons. The van der Waals surface area contributed by atoms with Crippen LogP contribution < -0.4 is 25.0 Å². The smallest absolute Gasteiger partial charge is 0.267 e. The number of nitrogens with zero attached hydrogens (tertiary/aromatic N) is 2. The van der Waals surface area contributed by atoms with E-state index in [0.717, 1.165) is 22.8 Å². The lowest BCUT2D eigenvalue weighted by Gasteiger charge is -2.28. The fraction of sp³-hybridized carbons (Fsp3) is 0.261. The zero-order chi connectivity index (χ0) is 22.7. The van der Waals surface area contributed by atoms with Crippen molar-refractivity contribution in [2.45, 2.75) is 6.92 Å². The number of hydrogen-bond donors (Lipinski definition) is 2. The number of ether oxygens (including phenoxy) is 2. The summed E-state index contributed by atoms with van der Waals surface area (Å²) in [7, 11) is 3.17. The molecule has 1 aromatic heterocycles. The topological polar surface area (TPSA) is 92.8 Å². The van der Waals surface area contributed by atoms with Gasteiger partial charge in [-0.3, -0.25) is 9.59 Å². The molecule has 2 heterocycles. The summed E-state index contributed by atoms with van der Waals surface area (Å²) < 4.78 is 10.7. The molecule has 32 heavy (non-hydrogen) atoms. The number of rotatable bonds is 6. The van der Waals surface area contributed by atoms with Gasteiger partial charge in [-0.2, -0.15) is 0 Å². The molecule has 1 aliphatic heterocycles. The molecule has 2 N–H and O–H groups in total. The second kappa shape index (κ2) is 9.27. The number of nitrogens with one attached hydrogen (secondary N) is 2. The molecule has 0 saturated carbocycles. The van der Waals surface area contributed by atoms with E-state index in [4.69, 9.17) is 9.47 Å². The van der Waals surface area contributed by atoms with Crippen molar-refractivity contribution in [2.24, 2.45) is 0 Å². The molecule has 1 saturated heterocycles. The number of thiazole rings is 1. The van der Waals surface area contributed by atoms with Crippen LogP contribution in [0.5, 0.6) is 11.5 Å². The number of methoxy groups -OCH3 is 2. The standard InChI is InChI=1S/C23H24N4O4S/c1-14-21(32-23(25-14)15-4-9-18(30-2)19(12-15)31-3)22(29)26-16-5-7-17(8-6-16)27-11-10-24-20(28)13-27/h4-9,12H,10-11,13H2,1-3H3,(H,24,28)(H,26,29). The molecule has 0 aliphatic carbocycles. The van der Waals surface area contributed by atoms with Gasteiger partial charge in [0.05, 0.1) is 26.5 Å². The quantitative estimate of drug-likeness (QED) is 0.596. The second-order valence-corrected chi connectivity index (χ2v) is 8.27. The highest BCUT2D eigenvalue weighted by Gasteiger charge is 2.19. The Kier molecular flexibility index (Phi) is 6.27. The third-order valence-electron chi connectivity index (χ3n) is 5.16. The van der Waals surface area contributed by atoms with Crippen molar-refractivity contribution in [1.29, 1.82) is 0 Å². The average Bonchev–Trinajstić information content (AvgIpc) is 3.20. The van der Waals surface area contributed by atoms with Gasteiger partial charge in [0, 0.05) is 30.0 Å². The molecule has 9 heteroatoms. The Bertz CT molecular complexity index is 1140. The SMILES string of the molecule is COc1ccc(-c2nc(C)c(C(=O)Nc3ccc(N4CCNC(=O)C4)cc3)s2)cc1OC. The third kappa shape index (κ3) is 4.52. The van der Waals surface area contributed by atoms with E-state index in [-0.39, 0.29) is 11.8 Å². The van der Waals surface area contributed by atoms with Gasteiger partial charge in [-0.15, -0.1) is 11.3 Å². The van der Waals surface area contributed by atoms with Crippen LogP contribution in [0, 0.1) is 6.92 Å². The van der Waals surface area contributed by atoms with Gasteiger partial charge in [0.2, 0.25) is 5.91 Å². The molecular formula is C23H24N4O4S. The summed E-state index contributed by atoms with van der Waals surface area (Å²) in [6.45, 7) is 3.55. The van der Waals surface area contributed by atoms with Gasteiger partial charge < -0.3 is 25.0 Å². The number of anilines is 2. The van der Waals surface area contributed by atoms with Gasteiger partial charge in [0.25, 0.3) is 5.91 Å². The maximum absolute atomic E-state index is 12.9. The highest BCUT2D eigenvalue weighted by molar-refractivity contribution is 7.17. The maximum Gasteiger partial charge on any atom is 0.267 e. The summed E-state index contributed by atoms with van der Waals surface area (Å²) in [6.07, 6.45) is 0. The molecule has 0 radical (unpaired) electrons. The van der Waals surface area contributed by atoms with E-state index in [1.165, 1.54) is 11.3 Å². The zero-order valence-electron chi connectivity index (χ0n) is 18.1. The predicted octanol–water partition coefficient (Wildman–Crippen LogP) is 3.32. The maximum atomic E-state index is 12.9. The molecule has 1 aliphatic rings. The first-order chi connectivity index (χ1) is 15.5. The van der Waals surface area contributed by atoms with Gasteiger partial charge >= 0.3 is 0 Å². The lowest BCUT2D eigenvalue weighted by molar-refractivity contribution is -0.120. The average molecular weight is 453 g/mol. The van der Waals surface area contributed by atoms with Crippen molar-refractivity contribution in [2.75, 3.05) is 44.1 Å². The first-order valence-electron chi connectivity index (χ1n) is 10.1. The lowest BCUT2D eigenvalue weighted by Crippen LogP contribution is -2.47. The summed E-state index contributed by atoms with van der Waals surface area (Å²) >= 11 is 1.33. The number of carbonyl (C=O) groups is 2. The molecule has 8 nitrogen and oxygen atoms in total. The van der Waals surface area contributed by atoms with Crippen LogP contribution in [0.25, 0.3) is 10.6 Å². The third-order valence-corrected chi connectivity index (χ3v) is 6.37. The van der Waals surface area contributed by atoms with Crippen LogP contribution in [0.3, 0.4) is 0 Å². The van der Waals surface area contributed by atoms with Gasteiger partial charge in [0.1, 0.15) is 9.88 Å². The molecule has 0 unspecified atom stereocenters. The van der Waals surface area contributed by atoms with Crippen LogP contribution in [-0.2, 0) is 4.79 Å². The van der Waals surface area contributed by atoms with Crippen molar-refractivity contribution in [3.63, 3.8) is 0 Å². The number of amides is 2. The van der Waals surface area contributed by atoms with E-state index in [1.54, 1.807) is 14.2 Å². The van der Waals surface area contributed by atoms with E-state index in [2.05, 4.69) is 15.6 Å². The minimum absolute atomic E-state index is 0.0135. The Morgan fingerprint density at radius 3 is 2.56 bits per heavy atom. The molecular weight excluding hydrogens is 428 g/mol. The number of hydrogen-bond acceptors (Lipinski definition) is 7. The molecule has 1 fully saturated rings. The minimum atomic E-state index is -0.211. The number of aromatic nitrogens is 1. The number of piperazine rings is 1. The largest absolute Gasteiger partial charge is 0.493 e. The summed E-state index contributed by atoms with van der Waals surface area (Å²) in [4.78, 5) is 31.6. The Labute approximate surface area is 190 Å². The van der Waals surface area contributed by atoms with Crippen molar-refractivity contribution in [3.8, 4) is 22.1 Å². The molecule has 4 rings (SSSR count). The summed E-state index contributed by atoms with van der Waals surface area (Å²) in [5.74, 6) is 1.04. The van der Waals surface area contributed by atoms with Crippen LogP contribution >= 0.6 is 11.3 Å². The van der Waals surface area contributed by atoms with Gasteiger partial charge in [-0.05, 0) is 49.4 Å². The van der Waals surface area contributed by atoms with Crippen molar-refractivity contribution < 1.29 is 19.1 Å². The molecule has 3 aromatic rings.